The first-order chi connectivity index (χ1) is 35.0. The Morgan fingerprint density at radius 3 is 1.44 bits per heavy atom. The molecule has 0 spiro atoms. The van der Waals surface area contributed by atoms with E-state index in [0.717, 1.165) is 17.1 Å². The van der Waals surface area contributed by atoms with Crippen molar-refractivity contribution in [1.29, 1.82) is 0 Å². The number of benzene rings is 10. The average molecular weight is 910 g/mol. The molecule has 4 heteroatoms. The van der Waals surface area contributed by atoms with E-state index in [-0.39, 0.29) is 23.9 Å². The van der Waals surface area contributed by atoms with E-state index < -0.39 is 11.1 Å². The van der Waals surface area contributed by atoms with E-state index in [9.17, 15) is 0 Å². The lowest BCUT2D eigenvalue weighted by Crippen LogP contribution is -2.66. The second kappa shape index (κ2) is 15.8. The highest BCUT2D eigenvalue weighted by molar-refractivity contribution is 6.90. The molecule has 10 aromatic carbocycles. The molecule has 338 valence electrons. The third-order valence-electron chi connectivity index (χ3n) is 16.7. The number of hydrogen-bond donors (Lipinski definition) is 0. The van der Waals surface area contributed by atoms with E-state index in [1.165, 1.54) is 72.6 Å². The van der Waals surface area contributed by atoms with E-state index in [1.54, 1.807) is 0 Å². The zero-order chi connectivity index (χ0) is 47.3. The lowest BCUT2D eigenvalue weighted by atomic mass is 9.22. The van der Waals surface area contributed by atoms with E-state index in [4.69, 9.17) is 0 Å². The molecule has 2 atom stereocenters. The van der Waals surface area contributed by atoms with Crippen LogP contribution in [0.25, 0.3) is 0 Å². The van der Waals surface area contributed by atoms with Gasteiger partial charge in [-0.05, 0) is 117 Å². The van der Waals surface area contributed by atoms with E-state index in [1.807, 2.05) is 0 Å². The lowest BCUT2D eigenvalue weighted by Gasteiger charge is -2.56. The molecule has 3 heterocycles. The molecule has 0 radical (unpaired) electrons. The Kier molecular flexibility index (Phi) is 9.29. The van der Waals surface area contributed by atoms with E-state index in [0.29, 0.717) is 0 Å². The van der Waals surface area contributed by atoms with Gasteiger partial charge in [0.25, 0.3) is 0 Å². The summed E-state index contributed by atoms with van der Waals surface area (Å²) in [7, 11) is 0. The van der Waals surface area contributed by atoms with Crippen LogP contribution in [0.4, 0.5) is 39.8 Å². The van der Waals surface area contributed by atoms with Crippen molar-refractivity contribution >= 4 is 57.5 Å². The van der Waals surface area contributed by atoms with Crippen LogP contribution >= 0.6 is 0 Å². The number of hydrogen-bond acceptors (Lipinski definition) is 3. The molecule has 0 N–H and O–H groups in total. The predicted octanol–water partition coefficient (Wildman–Crippen LogP) is 15.1. The molecule has 14 rings (SSSR count). The Morgan fingerprint density at radius 1 is 0.408 bits per heavy atom. The predicted molar refractivity (Wildman–Crippen MR) is 296 cm³/mol. The Hall–Kier alpha value is -8.34. The summed E-state index contributed by atoms with van der Waals surface area (Å²) >= 11 is 0. The molecule has 4 aliphatic rings. The van der Waals surface area contributed by atoms with Crippen molar-refractivity contribution < 1.29 is 0 Å². The Labute approximate surface area is 418 Å². The quantitative estimate of drug-likeness (QED) is 0.141. The SMILES string of the molecule is CC1(C)c2cc(N(c3ccccc3)c3ccccc3)ccc2C2C1B1c3cccc4c3N(c3cccc(c31)C2(c1ccccc1)c1ccccc1)C(c1ccccc1)(c1ccccc1)N4c1ccccc1. The first-order valence-electron chi connectivity index (χ1n) is 25.2. The Morgan fingerprint density at radius 2 is 0.887 bits per heavy atom. The van der Waals surface area contributed by atoms with Gasteiger partial charge in [0.15, 0.2) is 5.66 Å². The van der Waals surface area contributed by atoms with Gasteiger partial charge in [-0.15, -0.1) is 0 Å². The molecule has 3 nitrogen and oxygen atoms in total. The normalized spacial score (nSPS) is 18.0. The molecule has 71 heavy (non-hydrogen) atoms. The summed E-state index contributed by atoms with van der Waals surface area (Å²) in [5, 5.41) is 0. The summed E-state index contributed by atoms with van der Waals surface area (Å²) in [5.74, 6) is 0.217. The summed E-state index contributed by atoms with van der Waals surface area (Å²) in [4.78, 5) is 7.84. The van der Waals surface area contributed by atoms with Crippen LogP contribution in [0.1, 0.15) is 58.7 Å². The minimum absolute atomic E-state index is 0.0584. The fraction of sp³-hybridized carbons (Fsp3) is 0.104. The zero-order valence-electron chi connectivity index (χ0n) is 40.0. The number of para-hydroxylation sites is 4. The fourth-order valence-electron chi connectivity index (χ4n) is 14.3. The molecule has 0 bridgehead atoms. The van der Waals surface area contributed by atoms with E-state index >= 15 is 0 Å². The number of rotatable bonds is 8. The first kappa shape index (κ1) is 41.6. The zero-order valence-corrected chi connectivity index (χ0v) is 40.0. The minimum Gasteiger partial charge on any atom is -0.310 e. The van der Waals surface area contributed by atoms with Crippen molar-refractivity contribution in [3.05, 3.63) is 306 Å². The van der Waals surface area contributed by atoms with Gasteiger partial charge in [0, 0.05) is 39.6 Å². The topological polar surface area (TPSA) is 9.72 Å². The smallest absolute Gasteiger partial charge is 0.219 e. The molecule has 0 saturated carbocycles. The summed E-state index contributed by atoms with van der Waals surface area (Å²) in [6.07, 6.45) is 0. The third kappa shape index (κ3) is 5.68. The lowest BCUT2D eigenvalue weighted by molar-refractivity contribution is 0.389. The largest absolute Gasteiger partial charge is 0.310 e. The van der Waals surface area contributed by atoms with Crippen LogP contribution < -0.4 is 25.6 Å². The van der Waals surface area contributed by atoms with Gasteiger partial charge in [-0.25, -0.2) is 0 Å². The molecule has 0 fully saturated rings. The van der Waals surface area contributed by atoms with Gasteiger partial charge in [0.2, 0.25) is 6.71 Å². The molecule has 10 aromatic rings. The molecule has 2 unspecified atom stereocenters. The molecule has 0 amide bonds. The van der Waals surface area contributed by atoms with Gasteiger partial charge in [0.1, 0.15) is 0 Å². The van der Waals surface area contributed by atoms with Crippen LogP contribution in [0.3, 0.4) is 0 Å². The molecular formula is C67H52BN3. The first-order valence-corrected chi connectivity index (χ1v) is 25.2. The number of fused-ring (bicyclic) bond motifs is 6. The number of nitrogens with zero attached hydrogens (tertiary/aromatic N) is 3. The van der Waals surface area contributed by atoms with Crippen molar-refractivity contribution in [2.24, 2.45) is 0 Å². The molecule has 0 aromatic heterocycles. The van der Waals surface area contributed by atoms with Crippen molar-refractivity contribution in [2.75, 3.05) is 14.7 Å². The standard InChI is InChI=1S/C67H52BN3/c1-65(2)57-46-54(69(51-34-18-7-19-35-51)52-36-20-8-21-37-52)44-45-55(57)61-64(65)68-58-41-25-43-60-63(58)71(59-42-24-40-56(62(59)68)66(61,47-26-10-3-11-27-47)48-28-12-4-13-29-48)67(49-30-14-5-15-31-49,50-32-16-6-17-33-50)70(60)53-38-22-9-23-39-53/h3-46,61,64H,1-2H3. The second-order valence-corrected chi connectivity index (χ2v) is 20.4. The van der Waals surface area contributed by atoms with Crippen LogP contribution in [-0.2, 0) is 16.5 Å². The summed E-state index contributed by atoms with van der Waals surface area (Å²) in [6.45, 7) is 5.19. The molecule has 0 saturated heterocycles. The van der Waals surface area contributed by atoms with E-state index in [2.05, 4.69) is 295 Å². The van der Waals surface area contributed by atoms with Gasteiger partial charge < -0.3 is 14.7 Å². The van der Waals surface area contributed by atoms with Crippen molar-refractivity contribution in [2.45, 2.75) is 42.1 Å². The van der Waals surface area contributed by atoms with Crippen LogP contribution in [-0.4, -0.2) is 6.71 Å². The van der Waals surface area contributed by atoms with Crippen LogP contribution in [0.15, 0.2) is 267 Å². The summed E-state index contributed by atoms with van der Waals surface area (Å²) in [5.41, 5.74) is 18.8. The number of anilines is 7. The molecular weight excluding hydrogens is 858 g/mol. The summed E-state index contributed by atoms with van der Waals surface area (Å²) in [6, 6.07) is 100. The van der Waals surface area contributed by atoms with Crippen molar-refractivity contribution in [3.63, 3.8) is 0 Å². The van der Waals surface area contributed by atoms with Gasteiger partial charge in [-0.1, -0.05) is 220 Å². The maximum absolute atomic E-state index is 2.76. The van der Waals surface area contributed by atoms with Crippen molar-refractivity contribution in [1.82, 2.24) is 0 Å². The third-order valence-corrected chi connectivity index (χ3v) is 16.7. The van der Waals surface area contributed by atoms with Crippen LogP contribution in [0, 0.1) is 0 Å². The fourth-order valence-corrected chi connectivity index (χ4v) is 14.3. The highest BCUT2D eigenvalue weighted by atomic mass is 15.5. The van der Waals surface area contributed by atoms with Gasteiger partial charge in [0.05, 0.1) is 16.8 Å². The highest BCUT2D eigenvalue weighted by Crippen LogP contribution is 2.70. The average Bonchev–Trinajstić information content (AvgIpc) is 3.89. The van der Waals surface area contributed by atoms with Gasteiger partial charge >= 0.3 is 0 Å². The minimum atomic E-state index is -0.789. The Balaban J connectivity index is 1.11. The highest BCUT2D eigenvalue weighted by Gasteiger charge is 2.67. The second-order valence-electron chi connectivity index (χ2n) is 20.4. The molecule has 1 aliphatic carbocycles. The monoisotopic (exact) mass is 909 g/mol. The van der Waals surface area contributed by atoms with Gasteiger partial charge in [-0.2, -0.15) is 0 Å². The maximum Gasteiger partial charge on any atom is 0.219 e. The van der Waals surface area contributed by atoms with Gasteiger partial charge in [-0.3, -0.25) is 0 Å². The van der Waals surface area contributed by atoms with Crippen LogP contribution in [0.2, 0.25) is 5.82 Å². The maximum atomic E-state index is 2.76. The Bertz CT molecular complexity index is 3470. The van der Waals surface area contributed by atoms with Crippen LogP contribution in [0.5, 0.6) is 0 Å². The summed E-state index contributed by atoms with van der Waals surface area (Å²) < 4.78 is 0. The van der Waals surface area contributed by atoms with Crippen molar-refractivity contribution in [3.8, 4) is 0 Å². The molecule has 3 aliphatic heterocycles.